The summed E-state index contributed by atoms with van der Waals surface area (Å²) in [7, 11) is 1.88. The van der Waals surface area contributed by atoms with Crippen molar-refractivity contribution in [1.82, 2.24) is 15.2 Å². The molecule has 2 rings (SSSR count). The molecule has 1 aromatic heterocycles. The van der Waals surface area contributed by atoms with Gasteiger partial charge < -0.3 is 15.2 Å². The molecule has 6 heteroatoms. The van der Waals surface area contributed by atoms with Gasteiger partial charge in [0.25, 0.3) is 5.91 Å². The van der Waals surface area contributed by atoms with Crippen LogP contribution in [0.5, 0.6) is 0 Å². The van der Waals surface area contributed by atoms with Crippen molar-refractivity contribution in [2.45, 2.75) is 26.8 Å². The Morgan fingerprint density at radius 3 is 2.61 bits per heavy atom. The number of benzene rings is 1. The molecule has 1 amide bonds. The lowest BCUT2D eigenvalue weighted by Gasteiger charge is -2.12. The molecule has 2 N–H and O–H groups in total. The third-order valence-electron chi connectivity index (χ3n) is 3.80. The van der Waals surface area contributed by atoms with E-state index in [1.807, 2.05) is 58.2 Å². The van der Waals surface area contributed by atoms with Crippen LogP contribution in [0.25, 0.3) is 5.69 Å². The quantitative estimate of drug-likeness (QED) is 0.805. The van der Waals surface area contributed by atoms with Crippen molar-refractivity contribution in [3.05, 3.63) is 51.8 Å². The van der Waals surface area contributed by atoms with Gasteiger partial charge in [-0.15, -0.1) is 12.4 Å². The first-order valence-corrected chi connectivity index (χ1v) is 8.13. The highest BCUT2D eigenvalue weighted by atomic mass is 79.9. The molecule has 0 fully saturated rings. The summed E-state index contributed by atoms with van der Waals surface area (Å²) in [5, 5.41) is 6.08. The van der Waals surface area contributed by atoms with Crippen LogP contribution in [0.4, 0.5) is 0 Å². The highest BCUT2D eigenvalue weighted by Crippen LogP contribution is 2.23. The minimum Gasteiger partial charge on any atom is -0.350 e. The molecular weight excluding hydrogens is 378 g/mol. The van der Waals surface area contributed by atoms with Gasteiger partial charge in [-0.1, -0.05) is 22.0 Å². The standard InChI is InChI=1S/C17H22BrN3O.ClH/c1-11(19-4)10-20-17(22)16-8-12(2)21(13(16)3)15-7-5-6-14(18)9-15;/h5-9,11,19H,10H2,1-4H3,(H,20,22);1H. The molecule has 0 radical (unpaired) electrons. The van der Waals surface area contributed by atoms with E-state index in [0.29, 0.717) is 6.54 Å². The van der Waals surface area contributed by atoms with Crippen molar-refractivity contribution in [1.29, 1.82) is 0 Å². The van der Waals surface area contributed by atoms with Gasteiger partial charge in [-0.05, 0) is 52.1 Å². The van der Waals surface area contributed by atoms with E-state index in [-0.39, 0.29) is 24.4 Å². The number of halogens is 2. The summed E-state index contributed by atoms with van der Waals surface area (Å²) in [6, 6.07) is 10.3. The molecule has 1 heterocycles. The van der Waals surface area contributed by atoms with Crippen LogP contribution in [-0.4, -0.2) is 30.1 Å². The lowest BCUT2D eigenvalue weighted by molar-refractivity contribution is 0.0950. The maximum Gasteiger partial charge on any atom is 0.253 e. The normalized spacial score (nSPS) is 11.7. The number of nitrogens with zero attached hydrogens (tertiary/aromatic N) is 1. The number of hydrogen-bond donors (Lipinski definition) is 2. The van der Waals surface area contributed by atoms with E-state index in [9.17, 15) is 4.79 Å². The number of likely N-dealkylation sites (N-methyl/N-ethyl adjacent to an activating group) is 1. The summed E-state index contributed by atoms with van der Waals surface area (Å²) < 4.78 is 3.12. The van der Waals surface area contributed by atoms with E-state index >= 15 is 0 Å². The lowest BCUT2D eigenvalue weighted by atomic mass is 10.2. The number of carbonyl (C=O) groups excluding carboxylic acids is 1. The van der Waals surface area contributed by atoms with Gasteiger partial charge >= 0.3 is 0 Å². The largest absolute Gasteiger partial charge is 0.350 e. The number of hydrogen-bond acceptors (Lipinski definition) is 2. The zero-order valence-electron chi connectivity index (χ0n) is 13.8. The Bertz CT molecular complexity index is 684. The zero-order valence-corrected chi connectivity index (χ0v) is 16.2. The van der Waals surface area contributed by atoms with E-state index in [2.05, 4.69) is 31.1 Å². The first-order chi connectivity index (χ1) is 10.4. The second-order valence-electron chi connectivity index (χ2n) is 5.50. The van der Waals surface area contributed by atoms with E-state index in [1.165, 1.54) is 0 Å². The van der Waals surface area contributed by atoms with Crippen molar-refractivity contribution in [2.75, 3.05) is 13.6 Å². The fourth-order valence-electron chi connectivity index (χ4n) is 2.45. The van der Waals surface area contributed by atoms with Gasteiger partial charge in [-0.2, -0.15) is 0 Å². The Labute approximate surface area is 152 Å². The van der Waals surface area contributed by atoms with E-state index in [4.69, 9.17) is 0 Å². The van der Waals surface area contributed by atoms with Crippen molar-refractivity contribution >= 4 is 34.2 Å². The average molecular weight is 401 g/mol. The minimum atomic E-state index is -0.0311. The van der Waals surface area contributed by atoms with Crippen LogP contribution in [0.1, 0.15) is 28.7 Å². The molecule has 0 spiro atoms. The van der Waals surface area contributed by atoms with Crippen LogP contribution >= 0.6 is 28.3 Å². The maximum atomic E-state index is 12.4. The number of aromatic nitrogens is 1. The fourth-order valence-corrected chi connectivity index (χ4v) is 2.84. The Balaban J connectivity index is 0.00000264. The molecule has 126 valence electrons. The van der Waals surface area contributed by atoms with Gasteiger partial charge in [0.1, 0.15) is 0 Å². The summed E-state index contributed by atoms with van der Waals surface area (Å²) in [5.41, 5.74) is 3.76. The second-order valence-corrected chi connectivity index (χ2v) is 6.42. The molecule has 4 nitrogen and oxygen atoms in total. The zero-order chi connectivity index (χ0) is 16.3. The van der Waals surface area contributed by atoms with Gasteiger partial charge in [-0.3, -0.25) is 4.79 Å². The van der Waals surface area contributed by atoms with Crippen molar-refractivity contribution < 1.29 is 4.79 Å². The summed E-state index contributed by atoms with van der Waals surface area (Å²) >= 11 is 3.49. The molecule has 1 aromatic carbocycles. The Kier molecular flexibility index (Phi) is 7.32. The van der Waals surface area contributed by atoms with Crippen molar-refractivity contribution in [3.63, 3.8) is 0 Å². The molecule has 0 aliphatic heterocycles. The highest BCUT2D eigenvalue weighted by molar-refractivity contribution is 9.10. The fraction of sp³-hybridized carbons (Fsp3) is 0.353. The number of carbonyl (C=O) groups is 1. The molecule has 23 heavy (non-hydrogen) atoms. The van der Waals surface area contributed by atoms with Crippen LogP contribution in [-0.2, 0) is 0 Å². The summed E-state index contributed by atoms with van der Waals surface area (Å²) in [5.74, 6) is -0.0311. The van der Waals surface area contributed by atoms with Crippen LogP contribution < -0.4 is 10.6 Å². The predicted octanol–water partition coefficient (Wildman–Crippen LogP) is 3.62. The summed E-state index contributed by atoms with van der Waals surface area (Å²) in [6.45, 7) is 6.63. The van der Waals surface area contributed by atoms with Crippen LogP contribution in [0.2, 0.25) is 0 Å². The third kappa shape index (κ3) is 4.59. The topological polar surface area (TPSA) is 46.1 Å². The van der Waals surface area contributed by atoms with Gasteiger partial charge in [0.15, 0.2) is 0 Å². The van der Waals surface area contributed by atoms with Gasteiger partial charge in [0.2, 0.25) is 0 Å². The maximum absolute atomic E-state index is 12.4. The molecule has 0 bridgehead atoms. The van der Waals surface area contributed by atoms with Crippen LogP contribution in [0.3, 0.4) is 0 Å². The molecule has 0 aliphatic carbocycles. The minimum absolute atomic E-state index is 0. The number of rotatable bonds is 5. The molecule has 0 saturated carbocycles. The van der Waals surface area contributed by atoms with Crippen molar-refractivity contribution in [2.24, 2.45) is 0 Å². The molecule has 2 aromatic rings. The Hall–Kier alpha value is -1.30. The van der Waals surface area contributed by atoms with Crippen LogP contribution in [0, 0.1) is 13.8 Å². The predicted molar refractivity (Wildman–Crippen MR) is 101 cm³/mol. The monoisotopic (exact) mass is 399 g/mol. The van der Waals surface area contributed by atoms with Gasteiger partial charge in [0, 0.05) is 34.1 Å². The SMILES string of the molecule is CNC(C)CNC(=O)c1cc(C)n(-c2cccc(Br)c2)c1C.Cl. The van der Waals surface area contributed by atoms with E-state index in [0.717, 1.165) is 27.1 Å². The molecular formula is C17H23BrClN3O. The Morgan fingerprint density at radius 1 is 1.30 bits per heavy atom. The highest BCUT2D eigenvalue weighted by Gasteiger charge is 2.17. The smallest absolute Gasteiger partial charge is 0.253 e. The number of nitrogens with one attached hydrogen (secondary N) is 2. The molecule has 1 unspecified atom stereocenters. The first kappa shape index (κ1) is 19.7. The average Bonchev–Trinajstić information content (AvgIpc) is 2.79. The van der Waals surface area contributed by atoms with Gasteiger partial charge in [-0.25, -0.2) is 0 Å². The third-order valence-corrected chi connectivity index (χ3v) is 4.30. The molecule has 0 aliphatic rings. The Morgan fingerprint density at radius 2 is 2.00 bits per heavy atom. The summed E-state index contributed by atoms with van der Waals surface area (Å²) in [4.78, 5) is 12.4. The molecule has 0 saturated heterocycles. The van der Waals surface area contributed by atoms with E-state index in [1.54, 1.807) is 0 Å². The van der Waals surface area contributed by atoms with Crippen LogP contribution in [0.15, 0.2) is 34.8 Å². The molecule has 1 atom stereocenters. The number of aryl methyl sites for hydroxylation is 1. The second kappa shape index (κ2) is 8.52. The van der Waals surface area contributed by atoms with Crippen molar-refractivity contribution in [3.8, 4) is 5.69 Å². The first-order valence-electron chi connectivity index (χ1n) is 7.34. The van der Waals surface area contributed by atoms with Gasteiger partial charge in [0.05, 0.1) is 5.56 Å². The summed E-state index contributed by atoms with van der Waals surface area (Å²) in [6.07, 6.45) is 0. The number of amides is 1. The lowest BCUT2D eigenvalue weighted by Crippen LogP contribution is -2.37. The van der Waals surface area contributed by atoms with E-state index < -0.39 is 0 Å².